The molecule has 1 saturated carbocycles. The van der Waals surface area contributed by atoms with E-state index in [9.17, 15) is 14.7 Å². The van der Waals surface area contributed by atoms with Crippen LogP contribution >= 0.6 is 0 Å². The van der Waals surface area contributed by atoms with Gasteiger partial charge in [-0.2, -0.15) is 0 Å². The molecule has 1 aromatic rings. The Balaban J connectivity index is 2.32. The first-order valence-corrected chi connectivity index (χ1v) is 6.63. The van der Waals surface area contributed by atoms with Crippen LogP contribution in [0.1, 0.15) is 36.0 Å². The van der Waals surface area contributed by atoms with Gasteiger partial charge in [0.05, 0.1) is 5.92 Å². The molecule has 1 amide bonds. The Morgan fingerprint density at radius 3 is 2.58 bits per heavy atom. The summed E-state index contributed by atoms with van der Waals surface area (Å²) in [5.74, 6) is -1.26. The first-order valence-electron chi connectivity index (χ1n) is 6.63. The number of hydrogen-bond acceptors (Lipinski definition) is 3. The van der Waals surface area contributed by atoms with E-state index >= 15 is 0 Å². The van der Waals surface area contributed by atoms with Gasteiger partial charge in [0.15, 0.2) is 5.78 Å². The Labute approximate surface area is 112 Å². The molecule has 0 spiro atoms. The number of hydrogen-bond donors (Lipinski definition) is 2. The van der Waals surface area contributed by atoms with Gasteiger partial charge in [-0.05, 0) is 12.8 Å². The number of carbonyl (C=O) groups excluding carboxylic acids is 2. The molecule has 19 heavy (non-hydrogen) atoms. The molecule has 2 unspecified atom stereocenters. The Hall–Kier alpha value is -1.68. The molecule has 0 heterocycles. The lowest BCUT2D eigenvalue weighted by molar-refractivity contribution is -0.134. The second-order valence-electron chi connectivity index (χ2n) is 5.03. The van der Waals surface area contributed by atoms with Crippen LogP contribution in [0, 0.1) is 5.92 Å². The lowest BCUT2D eigenvalue weighted by Gasteiger charge is -2.37. The van der Waals surface area contributed by atoms with Gasteiger partial charge in [-0.25, -0.2) is 0 Å². The van der Waals surface area contributed by atoms with E-state index in [2.05, 4.69) is 5.32 Å². The number of amides is 1. The molecular formula is C15H19NO3. The average Bonchev–Trinajstić information content (AvgIpc) is 2.47. The minimum Gasteiger partial charge on any atom is -0.381 e. The van der Waals surface area contributed by atoms with Gasteiger partial charge in [0.1, 0.15) is 5.60 Å². The maximum atomic E-state index is 12.5. The summed E-state index contributed by atoms with van der Waals surface area (Å²) < 4.78 is 0. The molecule has 2 atom stereocenters. The number of nitrogens with one attached hydrogen (secondary N) is 1. The Morgan fingerprint density at radius 2 is 1.95 bits per heavy atom. The van der Waals surface area contributed by atoms with Crippen LogP contribution in [0.3, 0.4) is 0 Å². The van der Waals surface area contributed by atoms with E-state index in [1.165, 1.54) is 7.05 Å². The zero-order chi connectivity index (χ0) is 13.9. The Kier molecular flexibility index (Phi) is 4.00. The van der Waals surface area contributed by atoms with Crippen LogP contribution in [0.5, 0.6) is 0 Å². The smallest absolute Gasteiger partial charge is 0.226 e. The van der Waals surface area contributed by atoms with Crippen LogP contribution in [-0.2, 0) is 4.79 Å². The fourth-order valence-electron chi connectivity index (χ4n) is 2.79. The van der Waals surface area contributed by atoms with E-state index in [4.69, 9.17) is 0 Å². The fourth-order valence-corrected chi connectivity index (χ4v) is 2.79. The highest BCUT2D eigenvalue weighted by Gasteiger charge is 2.48. The van der Waals surface area contributed by atoms with Gasteiger partial charge < -0.3 is 10.4 Å². The summed E-state index contributed by atoms with van der Waals surface area (Å²) in [6.07, 6.45) is 2.53. The second kappa shape index (κ2) is 5.53. The lowest BCUT2D eigenvalue weighted by Crippen LogP contribution is -2.53. The first kappa shape index (κ1) is 13.7. The number of benzene rings is 1. The molecule has 1 fully saturated rings. The largest absolute Gasteiger partial charge is 0.381 e. The predicted molar refractivity (Wildman–Crippen MR) is 71.7 cm³/mol. The summed E-state index contributed by atoms with van der Waals surface area (Å²) in [4.78, 5) is 24.4. The fraction of sp³-hybridized carbons (Fsp3) is 0.467. The van der Waals surface area contributed by atoms with Crippen molar-refractivity contribution in [3.05, 3.63) is 35.9 Å². The molecule has 0 bridgehead atoms. The highest BCUT2D eigenvalue weighted by atomic mass is 16.3. The number of carbonyl (C=O) groups is 2. The third-order valence-corrected chi connectivity index (χ3v) is 3.87. The van der Waals surface area contributed by atoms with E-state index in [1.54, 1.807) is 24.3 Å². The number of ketones is 1. The van der Waals surface area contributed by atoms with Gasteiger partial charge in [0.2, 0.25) is 5.91 Å². The standard InChI is InChI=1S/C15H19NO3/c1-16-14(18)12-9-5-6-10-15(12,19)13(17)11-7-3-2-4-8-11/h2-4,7-8,12,19H,5-6,9-10H2,1H3,(H,16,18). The molecule has 1 aliphatic rings. The van der Waals surface area contributed by atoms with Crippen LogP contribution in [0.2, 0.25) is 0 Å². The molecular weight excluding hydrogens is 242 g/mol. The SMILES string of the molecule is CNC(=O)C1CCCCC1(O)C(=O)c1ccccc1. The van der Waals surface area contributed by atoms with Crippen molar-refractivity contribution in [2.75, 3.05) is 7.05 Å². The van der Waals surface area contributed by atoms with Gasteiger partial charge in [-0.1, -0.05) is 43.2 Å². The van der Waals surface area contributed by atoms with Crippen LogP contribution in [-0.4, -0.2) is 29.4 Å². The summed E-state index contributed by atoms with van der Waals surface area (Å²) in [6, 6.07) is 8.69. The van der Waals surface area contributed by atoms with Crippen LogP contribution in [0.25, 0.3) is 0 Å². The minimum absolute atomic E-state index is 0.258. The zero-order valence-corrected chi connectivity index (χ0v) is 11.1. The lowest BCUT2D eigenvalue weighted by atomic mass is 9.71. The zero-order valence-electron chi connectivity index (χ0n) is 11.1. The maximum Gasteiger partial charge on any atom is 0.226 e. The number of Topliss-reactive ketones (excluding diaryl/α,β-unsaturated/α-hetero) is 1. The first-order chi connectivity index (χ1) is 9.09. The van der Waals surface area contributed by atoms with Gasteiger partial charge in [-0.3, -0.25) is 9.59 Å². The van der Waals surface area contributed by atoms with Crippen LogP contribution < -0.4 is 5.32 Å². The highest BCUT2D eigenvalue weighted by molar-refractivity contribution is 6.05. The molecule has 0 aliphatic heterocycles. The average molecular weight is 261 g/mol. The van der Waals surface area contributed by atoms with Crippen molar-refractivity contribution in [2.24, 2.45) is 5.92 Å². The van der Waals surface area contributed by atoms with Gasteiger partial charge in [0.25, 0.3) is 0 Å². The van der Waals surface area contributed by atoms with Crippen molar-refractivity contribution >= 4 is 11.7 Å². The molecule has 2 N–H and O–H groups in total. The van der Waals surface area contributed by atoms with E-state index < -0.39 is 11.5 Å². The normalized spacial score (nSPS) is 26.7. The summed E-state index contributed by atoms with van der Waals surface area (Å²) in [5.41, 5.74) is -1.11. The van der Waals surface area contributed by atoms with Crippen molar-refractivity contribution in [3.63, 3.8) is 0 Å². The summed E-state index contributed by atoms with van der Waals surface area (Å²) in [5, 5.41) is 13.3. The van der Waals surface area contributed by atoms with Crippen molar-refractivity contribution in [1.82, 2.24) is 5.32 Å². The molecule has 0 radical (unpaired) electrons. The van der Waals surface area contributed by atoms with E-state index in [1.807, 2.05) is 6.07 Å². The molecule has 4 nitrogen and oxygen atoms in total. The minimum atomic E-state index is -1.57. The highest BCUT2D eigenvalue weighted by Crippen LogP contribution is 2.36. The summed E-state index contributed by atoms with van der Waals surface area (Å²) >= 11 is 0. The summed E-state index contributed by atoms with van der Waals surface area (Å²) in [7, 11) is 1.53. The quantitative estimate of drug-likeness (QED) is 0.811. The van der Waals surface area contributed by atoms with E-state index in [-0.39, 0.29) is 11.7 Å². The van der Waals surface area contributed by atoms with Gasteiger partial charge in [-0.15, -0.1) is 0 Å². The van der Waals surface area contributed by atoms with Crippen molar-refractivity contribution in [1.29, 1.82) is 0 Å². The predicted octanol–water partition coefficient (Wildman–Crippen LogP) is 1.54. The van der Waals surface area contributed by atoms with E-state index in [0.29, 0.717) is 18.4 Å². The number of rotatable bonds is 3. The molecule has 1 aromatic carbocycles. The summed E-state index contributed by atoms with van der Waals surface area (Å²) in [6.45, 7) is 0. The van der Waals surface area contributed by atoms with Gasteiger partial charge in [0, 0.05) is 12.6 Å². The monoisotopic (exact) mass is 261 g/mol. The molecule has 0 saturated heterocycles. The Bertz CT molecular complexity index is 472. The van der Waals surface area contributed by atoms with Gasteiger partial charge >= 0.3 is 0 Å². The third-order valence-electron chi connectivity index (χ3n) is 3.87. The van der Waals surface area contributed by atoms with Crippen LogP contribution in [0.15, 0.2) is 30.3 Å². The van der Waals surface area contributed by atoms with Crippen LogP contribution in [0.4, 0.5) is 0 Å². The molecule has 4 heteroatoms. The molecule has 2 rings (SSSR count). The Morgan fingerprint density at radius 1 is 1.26 bits per heavy atom. The molecule has 102 valence electrons. The molecule has 1 aliphatic carbocycles. The number of aliphatic hydroxyl groups is 1. The van der Waals surface area contributed by atoms with Crippen molar-refractivity contribution < 1.29 is 14.7 Å². The molecule has 0 aromatic heterocycles. The van der Waals surface area contributed by atoms with Crippen molar-refractivity contribution in [3.8, 4) is 0 Å². The van der Waals surface area contributed by atoms with Crippen molar-refractivity contribution in [2.45, 2.75) is 31.3 Å². The third kappa shape index (κ3) is 2.54. The topological polar surface area (TPSA) is 66.4 Å². The van der Waals surface area contributed by atoms with E-state index in [0.717, 1.165) is 12.8 Å². The second-order valence-corrected chi connectivity index (χ2v) is 5.03. The maximum absolute atomic E-state index is 12.5.